The smallest absolute Gasteiger partial charge is 0.259 e. The van der Waals surface area contributed by atoms with E-state index in [0.717, 1.165) is 29.5 Å². The van der Waals surface area contributed by atoms with Crippen molar-refractivity contribution in [2.24, 2.45) is 0 Å². The topological polar surface area (TPSA) is 98.0 Å². The molecule has 1 saturated heterocycles. The minimum Gasteiger partial charge on any atom is -0.336 e. The lowest BCUT2D eigenvalue weighted by atomic mass is 9.97. The summed E-state index contributed by atoms with van der Waals surface area (Å²) in [5.41, 5.74) is 2.68. The van der Waals surface area contributed by atoms with Gasteiger partial charge in [0.05, 0.1) is 34.4 Å². The van der Waals surface area contributed by atoms with Gasteiger partial charge in [0.1, 0.15) is 16.5 Å². The third-order valence-corrected chi connectivity index (χ3v) is 8.46. The van der Waals surface area contributed by atoms with Crippen molar-refractivity contribution in [3.05, 3.63) is 67.4 Å². The van der Waals surface area contributed by atoms with Gasteiger partial charge in [-0.25, -0.2) is 9.37 Å². The third-order valence-electron chi connectivity index (χ3n) is 6.99. The van der Waals surface area contributed by atoms with Gasteiger partial charge in [-0.05, 0) is 49.4 Å². The summed E-state index contributed by atoms with van der Waals surface area (Å²) in [6, 6.07) is 4.32. The lowest BCUT2D eigenvalue weighted by Crippen LogP contribution is -2.48. The van der Waals surface area contributed by atoms with Crippen molar-refractivity contribution < 1.29 is 9.18 Å². The number of H-pyrrole nitrogens is 2. The van der Waals surface area contributed by atoms with E-state index in [1.807, 2.05) is 0 Å². The minimum absolute atomic E-state index is 0.0123. The van der Waals surface area contributed by atoms with E-state index in [4.69, 9.17) is 16.6 Å². The second-order valence-electron chi connectivity index (χ2n) is 9.26. The number of benzene rings is 1. The van der Waals surface area contributed by atoms with Crippen LogP contribution in [0.25, 0.3) is 21.5 Å². The second kappa shape index (κ2) is 9.42. The molecule has 186 valence electrons. The van der Waals surface area contributed by atoms with Gasteiger partial charge < -0.3 is 9.88 Å². The van der Waals surface area contributed by atoms with E-state index < -0.39 is 5.82 Å². The molecule has 0 saturated carbocycles. The fraction of sp³-hybridized carbons (Fsp3) is 0.360. The first-order valence-electron chi connectivity index (χ1n) is 12.0. The normalized spacial score (nSPS) is 16.4. The molecule has 2 N–H and O–H groups in total. The Morgan fingerprint density at radius 3 is 2.78 bits per heavy atom. The molecule has 3 aromatic heterocycles. The van der Waals surface area contributed by atoms with Gasteiger partial charge in [-0.1, -0.05) is 11.6 Å². The van der Waals surface area contributed by atoms with Crippen LogP contribution in [-0.2, 0) is 19.4 Å². The molecule has 0 spiro atoms. The quantitative estimate of drug-likeness (QED) is 0.419. The van der Waals surface area contributed by atoms with E-state index in [2.05, 4.69) is 20.1 Å². The molecule has 1 aliphatic carbocycles. The third kappa shape index (κ3) is 4.23. The summed E-state index contributed by atoms with van der Waals surface area (Å²) in [5.74, 6) is 0.00439. The van der Waals surface area contributed by atoms with Gasteiger partial charge >= 0.3 is 0 Å². The minimum atomic E-state index is -0.516. The summed E-state index contributed by atoms with van der Waals surface area (Å²) in [5, 5.41) is 7.63. The van der Waals surface area contributed by atoms with Crippen LogP contribution in [0.3, 0.4) is 0 Å². The number of aromatic amines is 2. The molecule has 2 aliphatic rings. The van der Waals surface area contributed by atoms with Crippen molar-refractivity contribution in [1.29, 1.82) is 0 Å². The molecule has 11 heteroatoms. The SMILES string of the molecule is O=C(c1cn[nH]c1-c1ccc(F)c(Cl)c1)N1CCN(Cc2nc3sc4c(c3c(=O)[nH]2)CCCC4)CC1. The number of rotatable bonds is 4. The molecule has 0 atom stereocenters. The highest BCUT2D eigenvalue weighted by Crippen LogP contribution is 2.33. The number of halogens is 2. The predicted molar refractivity (Wildman–Crippen MR) is 137 cm³/mol. The Morgan fingerprint density at radius 2 is 1.97 bits per heavy atom. The van der Waals surface area contributed by atoms with E-state index in [1.54, 1.807) is 22.3 Å². The molecular formula is C25H24ClFN6O2S. The average Bonchev–Trinajstić information content (AvgIpc) is 3.51. The molecule has 4 aromatic rings. The zero-order valence-electron chi connectivity index (χ0n) is 19.4. The van der Waals surface area contributed by atoms with E-state index in [9.17, 15) is 14.0 Å². The number of aromatic nitrogens is 4. The number of hydrogen-bond donors (Lipinski definition) is 2. The van der Waals surface area contributed by atoms with Crippen LogP contribution < -0.4 is 5.56 Å². The van der Waals surface area contributed by atoms with Gasteiger partial charge in [-0.15, -0.1) is 11.3 Å². The maximum atomic E-state index is 13.6. The summed E-state index contributed by atoms with van der Waals surface area (Å²) in [7, 11) is 0. The first kappa shape index (κ1) is 23.3. The van der Waals surface area contributed by atoms with E-state index in [0.29, 0.717) is 55.4 Å². The van der Waals surface area contributed by atoms with Crippen molar-refractivity contribution in [2.45, 2.75) is 32.2 Å². The number of thiophene rings is 1. The molecule has 1 aliphatic heterocycles. The lowest BCUT2D eigenvalue weighted by molar-refractivity contribution is 0.0626. The van der Waals surface area contributed by atoms with Crippen LogP contribution in [0.2, 0.25) is 5.02 Å². The Bertz CT molecular complexity index is 1520. The maximum absolute atomic E-state index is 13.6. The number of nitrogens with one attached hydrogen (secondary N) is 2. The number of fused-ring (bicyclic) bond motifs is 3. The summed E-state index contributed by atoms with van der Waals surface area (Å²) in [4.78, 5) is 40.0. The van der Waals surface area contributed by atoms with Gasteiger partial charge in [-0.2, -0.15) is 5.10 Å². The molecule has 1 aromatic carbocycles. The van der Waals surface area contributed by atoms with E-state index >= 15 is 0 Å². The number of nitrogens with zero attached hydrogens (tertiary/aromatic N) is 4. The van der Waals surface area contributed by atoms with Crippen LogP contribution >= 0.6 is 22.9 Å². The number of aryl methyl sites for hydroxylation is 2. The number of hydrogen-bond acceptors (Lipinski definition) is 6. The summed E-state index contributed by atoms with van der Waals surface area (Å²) < 4.78 is 13.6. The molecule has 1 amide bonds. The van der Waals surface area contributed by atoms with Crippen LogP contribution in [0.4, 0.5) is 4.39 Å². The number of piperazine rings is 1. The molecule has 0 radical (unpaired) electrons. The van der Waals surface area contributed by atoms with Crippen LogP contribution in [0.15, 0.2) is 29.2 Å². The fourth-order valence-corrected chi connectivity index (χ4v) is 6.56. The largest absolute Gasteiger partial charge is 0.336 e. The first-order valence-corrected chi connectivity index (χ1v) is 13.2. The van der Waals surface area contributed by atoms with Gasteiger partial charge in [-0.3, -0.25) is 19.6 Å². The van der Waals surface area contributed by atoms with Crippen molar-refractivity contribution >= 4 is 39.1 Å². The molecule has 0 unspecified atom stereocenters. The van der Waals surface area contributed by atoms with E-state index in [1.165, 1.54) is 35.2 Å². The highest BCUT2D eigenvalue weighted by Gasteiger charge is 2.26. The molecule has 1 fully saturated rings. The Morgan fingerprint density at radius 1 is 1.17 bits per heavy atom. The summed E-state index contributed by atoms with van der Waals surface area (Å²) >= 11 is 7.58. The standard InChI is InChI=1S/C25H24ClFN6O2S/c26-17-11-14(5-6-18(17)27)22-16(12-28-31-22)25(35)33-9-7-32(8-10-33)13-20-29-23(34)21-15-3-1-2-4-19(15)36-24(21)30-20/h5-6,11-12H,1-4,7-10,13H2,(H,28,31)(H,29,30,34). The lowest BCUT2D eigenvalue weighted by Gasteiger charge is -2.34. The van der Waals surface area contributed by atoms with Crippen LogP contribution in [0, 0.1) is 5.82 Å². The zero-order chi connectivity index (χ0) is 24.8. The first-order chi connectivity index (χ1) is 17.5. The fourth-order valence-electron chi connectivity index (χ4n) is 5.09. The van der Waals surface area contributed by atoms with Gasteiger partial charge in [0.2, 0.25) is 0 Å². The molecule has 0 bridgehead atoms. The Kier molecular flexibility index (Phi) is 6.10. The maximum Gasteiger partial charge on any atom is 0.259 e. The van der Waals surface area contributed by atoms with Gasteiger partial charge in [0, 0.05) is 36.6 Å². The van der Waals surface area contributed by atoms with Crippen LogP contribution in [0.5, 0.6) is 0 Å². The Balaban J connectivity index is 1.14. The second-order valence-corrected chi connectivity index (χ2v) is 10.8. The van der Waals surface area contributed by atoms with Gasteiger partial charge in [0.15, 0.2) is 0 Å². The predicted octanol–water partition coefficient (Wildman–Crippen LogP) is 4.00. The molecule has 6 rings (SSSR count). The number of carbonyl (C=O) groups excluding carboxylic acids is 1. The molecule has 8 nitrogen and oxygen atoms in total. The van der Waals surface area contributed by atoms with Crippen molar-refractivity contribution in [2.75, 3.05) is 26.2 Å². The van der Waals surface area contributed by atoms with E-state index in [-0.39, 0.29) is 16.5 Å². The number of amides is 1. The zero-order valence-corrected chi connectivity index (χ0v) is 21.0. The molecular weight excluding hydrogens is 503 g/mol. The van der Waals surface area contributed by atoms with Crippen molar-refractivity contribution in [3.8, 4) is 11.3 Å². The summed E-state index contributed by atoms with van der Waals surface area (Å²) in [6.45, 7) is 2.91. The summed E-state index contributed by atoms with van der Waals surface area (Å²) in [6.07, 6.45) is 5.79. The van der Waals surface area contributed by atoms with Gasteiger partial charge in [0.25, 0.3) is 11.5 Å². The Labute approximate surface area is 215 Å². The Hall–Kier alpha value is -3.08. The average molecular weight is 527 g/mol. The van der Waals surface area contributed by atoms with Crippen LogP contribution in [-0.4, -0.2) is 62.1 Å². The number of carbonyl (C=O) groups is 1. The molecule has 36 heavy (non-hydrogen) atoms. The monoisotopic (exact) mass is 526 g/mol. The molecule has 4 heterocycles. The van der Waals surface area contributed by atoms with Crippen LogP contribution in [0.1, 0.15) is 39.5 Å². The highest BCUT2D eigenvalue weighted by atomic mass is 35.5. The van der Waals surface area contributed by atoms with Crippen molar-refractivity contribution in [3.63, 3.8) is 0 Å². The van der Waals surface area contributed by atoms with Crippen molar-refractivity contribution in [1.82, 2.24) is 30.0 Å². The highest BCUT2D eigenvalue weighted by molar-refractivity contribution is 7.18.